The Bertz CT molecular complexity index is 1200. The van der Waals surface area contributed by atoms with E-state index in [1.165, 1.54) is 14.2 Å². The van der Waals surface area contributed by atoms with E-state index in [-0.39, 0.29) is 18.6 Å². The van der Waals surface area contributed by atoms with Gasteiger partial charge in [-0.3, -0.25) is 9.59 Å². The van der Waals surface area contributed by atoms with E-state index in [0.717, 1.165) is 0 Å². The molecule has 0 radical (unpaired) electrons. The summed E-state index contributed by atoms with van der Waals surface area (Å²) >= 11 is 0. The molecule has 9 heteroatoms. The normalized spacial score (nSPS) is 12.4. The monoisotopic (exact) mass is 463 g/mol. The molecule has 0 spiro atoms. The molecule has 2 amide bonds. The first-order valence-corrected chi connectivity index (χ1v) is 10.6. The van der Waals surface area contributed by atoms with E-state index in [9.17, 15) is 9.59 Å². The van der Waals surface area contributed by atoms with Crippen LogP contribution in [0.3, 0.4) is 0 Å². The van der Waals surface area contributed by atoms with Crippen molar-refractivity contribution >= 4 is 28.9 Å². The number of nitrogens with one attached hydrogen (secondary N) is 3. The summed E-state index contributed by atoms with van der Waals surface area (Å²) in [4.78, 5) is 25.4. The highest BCUT2D eigenvalue weighted by Gasteiger charge is 2.20. The highest BCUT2D eigenvalue weighted by molar-refractivity contribution is 6.05. The van der Waals surface area contributed by atoms with Gasteiger partial charge in [0.1, 0.15) is 17.5 Å². The molecule has 0 fully saturated rings. The first-order valence-electron chi connectivity index (χ1n) is 10.6. The maximum atomic E-state index is 12.8. The lowest BCUT2D eigenvalue weighted by Gasteiger charge is -2.20. The highest BCUT2D eigenvalue weighted by Crippen LogP contribution is 2.37. The minimum absolute atomic E-state index is 0.161. The molecule has 3 N–H and O–H groups in total. The predicted octanol–water partition coefficient (Wildman–Crippen LogP) is 4.12. The maximum absolute atomic E-state index is 12.8. The molecule has 0 unspecified atom stereocenters. The molecule has 3 aromatic carbocycles. The van der Waals surface area contributed by atoms with Crippen LogP contribution < -0.4 is 34.9 Å². The van der Waals surface area contributed by atoms with Crippen molar-refractivity contribution in [2.75, 3.05) is 37.0 Å². The van der Waals surface area contributed by atoms with Crippen molar-refractivity contribution in [3.63, 3.8) is 0 Å². The minimum atomic E-state index is -0.617. The van der Waals surface area contributed by atoms with Crippen LogP contribution in [0.5, 0.6) is 23.0 Å². The molecule has 34 heavy (non-hydrogen) atoms. The average Bonchev–Trinajstić information content (AvgIpc) is 3.33. The zero-order valence-corrected chi connectivity index (χ0v) is 19.0. The van der Waals surface area contributed by atoms with Crippen LogP contribution in [0.2, 0.25) is 0 Å². The van der Waals surface area contributed by atoms with Crippen molar-refractivity contribution in [3.8, 4) is 23.0 Å². The number of methoxy groups -OCH3 is 2. The van der Waals surface area contributed by atoms with Gasteiger partial charge in [0.25, 0.3) is 5.91 Å². The lowest BCUT2D eigenvalue weighted by Crippen LogP contribution is -2.32. The fourth-order valence-electron chi connectivity index (χ4n) is 3.42. The molecule has 0 saturated heterocycles. The summed E-state index contributed by atoms with van der Waals surface area (Å²) in [7, 11) is 3.01. The van der Waals surface area contributed by atoms with Crippen molar-refractivity contribution in [1.82, 2.24) is 0 Å². The van der Waals surface area contributed by atoms with Gasteiger partial charge in [-0.15, -0.1) is 0 Å². The first-order chi connectivity index (χ1) is 16.5. The maximum Gasteiger partial charge on any atom is 0.255 e. The van der Waals surface area contributed by atoms with Crippen molar-refractivity contribution in [2.45, 2.75) is 13.0 Å². The van der Waals surface area contributed by atoms with E-state index in [0.29, 0.717) is 45.6 Å². The minimum Gasteiger partial charge on any atom is -0.495 e. The number of carbonyl (C=O) groups is 2. The Labute approximate surface area is 197 Å². The number of hydrogen-bond acceptors (Lipinski definition) is 7. The predicted molar refractivity (Wildman–Crippen MR) is 128 cm³/mol. The van der Waals surface area contributed by atoms with Crippen LogP contribution in [0.15, 0.2) is 60.7 Å². The van der Waals surface area contributed by atoms with Crippen LogP contribution in [0.25, 0.3) is 0 Å². The lowest BCUT2D eigenvalue weighted by atomic mass is 10.1. The third-order valence-corrected chi connectivity index (χ3v) is 5.21. The molecule has 0 aliphatic carbocycles. The first kappa shape index (κ1) is 22.8. The summed E-state index contributed by atoms with van der Waals surface area (Å²) in [5.41, 5.74) is 2.08. The smallest absolute Gasteiger partial charge is 0.255 e. The average molecular weight is 463 g/mol. The number of hydrogen-bond donors (Lipinski definition) is 3. The van der Waals surface area contributed by atoms with Gasteiger partial charge in [-0.25, -0.2) is 0 Å². The number of benzene rings is 3. The fourth-order valence-corrected chi connectivity index (χ4v) is 3.42. The SMILES string of the molecule is COc1cc(N[C@@H](C)C(=O)Nc2ccc3c(c2)OCO3)c(OC)cc1NC(=O)c1ccccc1. The summed E-state index contributed by atoms with van der Waals surface area (Å²) in [5, 5.41) is 8.82. The quantitative estimate of drug-likeness (QED) is 0.461. The van der Waals surface area contributed by atoms with E-state index in [2.05, 4.69) is 16.0 Å². The number of carbonyl (C=O) groups excluding carboxylic acids is 2. The second-order valence-corrected chi connectivity index (χ2v) is 7.50. The standard InChI is InChI=1S/C25H25N3O6/c1-15(24(29)27-17-9-10-20-23(11-17)34-14-33-20)26-18-12-22(32-3)19(13-21(18)31-2)28-25(30)16-7-5-4-6-8-16/h4-13,15,26H,14H2,1-3H3,(H,27,29)(H,28,30)/t15-/m0/s1. The summed E-state index contributed by atoms with van der Waals surface area (Å²) in [6, 6.07) is 16.7. The van der Waals surface area contributed by atoms with Gasteiger partial charge in [-0.2, -0.15) is 0 Å². The molecule has 1 atom stereocenters. The van der Waals surface area contributed by atoms with Crippen LogP contribution in [0.4, 0.5) is 17.1 Å². The lowest BCUT2D eigenvalue weighted by molar-refractivity contribution is -0.116. The molecule has 1 aliphatic heterocycles. The van der Waals surface area contributed by atoms with Gasteiger partial charge in [-0.05, 0) is 31.2 Å². The van der Waals surface area contributed by atoms with Crippen LogP contribution in [0, 0.1) is 0 Å². The van der Waals surface area contributed by atoms with Crippen LogP contribution >= 0.6 is 0 Å². The van der Waals surface area contributed by atoms with E-state index >= 15 is 0 Å². The summed E-state index contributed by atoms with van der Waals surface area (Å²) in [5.74, 6) is 1.53. The Hall–Kier alpha value is -4.40. The highest BCUT2D eigenvalue weighted by atomic mass is 16.7. The Morgan fingerprint density at radius 3 is 2.26 bits per heavy atom. The topological polar surface area (TPSA) is 107 Å². The fraction of sp³-hybridized carbons (Fsp3) is 0.200. The second kappa shape index (κ2) is 10.0. The van der Waals surface area contributed by atoms with Gasteiger partial charge in [0, 0.05) is 29.4 Å². The van der Waals surface area contributed by atoms with Gasteiger partial charge >= 0.3 is 0 Å². The van der Waals surface area contributed by atoms with Crippen LogP contribution in [-0.4, -0.2) is 38.9 Å². The van der Waals surface area contributed by atoms with Crippen LogP contribution in [0.1, 0.15) is 17.3 Å². The van der Waals surface area contributed by atoms with E-state index in [1.54, 1.807) is 61.5 Å². The molecule has 1 heterocycles. The molecule has 3 aromatic rings. The number of amides is 2. The number of rotatable bonds is 8. The molecule has 0 saturated carbocycles. The Balaban J connectivity index is 1.48. The molecule has 176 valence electrons. The summed E-state index contributed by atoms with van der Waals surface area (Å²) < 4.78 is 21.6. The Morgan fingerprint density at radius 1 is 0.853 bits per heavy atom. The summed E-state index contributed by atoms with van der Waals surface area (Å²) in [6.45, 7) is 1.88. The molecule has 0 aromatic heterocycles. The number of anilines is 3. The van der Waals surface area contributed by atoms with Crippen LogP contribution in [-0.2, 0) is 4.79 Å². The van der Waals surface area contributed by atoms with Gasteiger partial charge < -0.3 is 34.9 Å². The molecule has 1 aliphatic rings. The zero-order valence-electron chi connectivity index (χ0n) is 19.0. The Kier molecular flexibility index (Phi) is 6.72. The molecule has 4 rings (SSSR count). The third-order valence-electron chi connectivity index (χ3n) is 5.21. The van der Waals surface area contributed by atoms with Gasteiger partial charge in [0.05, 0.1) is 25.6 Å². The Morgan fingerprint density at radius 2 is 1.53 bits per heavy atom. The molecule has 9 nitrogen and oxygen atoms in total. The summed E-state index contributed by atoms with van der Waals surface area (Å²) in [6.07, 6.45) is 0. The van der Waals surface area contributed by atoms with Gasteiger partial charge in [0.15, 0.2) is 11.5 Å². The zero-order chi connectivity index (χ0) is 24.1. The molecule has 0 bridgehead atoms. The third kappa shape index (κ3) is 4.98. The second-order valence-electron chi connectivity index (χ2n) is 7.50. The van der Waals surface area contributed by atoms with Gasteiger partial charge in [0.2, 0.25) is 12.7 Å². The van der Waals surface area contributed by atoms with Crippen molar-refractivity contribution in [2.24, 2.45) is 0 Å². The van der Waals surface area contributed by atoms with E-state index in [4.69, 9.17) is 18.9 Å². The van der Waals surface area contributed by atoms with Crippen molar-refractivity contribution in [3.05, 3.63) is 66.2 Å². The van der Waals surface area contributed by atoms with E-state index < -0.39 is 6.04 Å². The van der Waals surface area contributed by atoms with Crippen molar-refractivity contribution < 1.29 is 28.5 Å². The number of fused-ring (bicyclic) bond motifs is 1. The largest absolute Gasteiger partial charge is 0.495 e. The van der Waals surface area contributed by atoms with Crippen molar-refractivity contribution in [1.29, 1.82) is 0 Å². The van der Waals surface area contributed by atoms with Gasteiger partial charge in [-0.1, -0.05) is 18.2 Å². The molecular weight excluding hydrogens is 438 g/mol. The van der Waals surface area contributed by atoms with E-state index in [1.807, 2.05) is 6.07 Å². The number of ether oxygens (including phenoxy) is 4. The molecular formula is C25H25N3O6.